The van der Waals surface area contributed by atoms with Gasteiger partial charge in [0, 0.05) is 31.2 Å². The first-order valence-corrected chi connectivity index (χ1v) is 11.0. The van der Waals surface area contributed by atoms with Crippen molar-refractivity contribution in [3.63, 3.8) is 0 Å². The molecule has 0 aliphatic rings. The van der Waals surface area contributed by atoms with Crippen molar-refractivity contribution < 1.29 is 18.7 Å². The number of hydrogen-bond donors (Lipinski definition) is 1. The number of hydrazone groups is 1. The van der Waals surface area contributed by atoms with Crippen LogP contribution in [0.3, 0.4) is 0 Å². The molecule has 0 saturated heterocycles. The zero-order chi connectivity index (χ0) is 23.1. The van der Waals surface area contributed by atoms with Crippen LogP contribution in [0.1, 0.15) is 28.4 Å². The molecule has 0 aliphatic heterocycles. The highest BCUT2D eigenvalue weighted by molar-refractivity contribution is 9.10. The zero-order valence-corrected chi connectivity index (χ0v) is 20.0. The van der Waals surface area contributed by atoms with Gasteiger partial charge in [-0.2, -0.15) is 5.10 Å². The fourth-order valence-electron chi connectivity index (χ4n) is 2.68. The minimum Gasteiger partial charge on any atom is -0.490 e. The van der Waals surface area contributed by atoms with Gasteiger partial charge in [-0.1, -0.05) is 35.3 Å². The first-order chi connectivity index (χ1) is 15.4. The smallest absolute Gasteiger partial charge is 0.271 e. The van der Waals surface area contributed by atoms with E-state index in [2.05, 4.69) is 26.5 Å². The number of carbonyl (C=O) groups excluding carboxylic acids is 1. The van der Waals surface area contributed by atoms with Gasteiger partial charge in [0.15, 0.2) is 11.5 Å². The van der Waals surface area contributed by atoms with Gasteiger partial charge in [-0.05, 0) is 65.3 Å². The Morgan fingerprint density at radius 2 is 1.91 bits per heavy atom. The second-order valence-corrected chi connectivity index (χ2v) is 8.19. The molecule has 3 aromatic carbocycles. The highest BCUT2D eigenvalue weighted by atomic mass is 79.9. The molecule has 0 spiro atoms. The number of rotatable bonds is 8. The maximum Gasteiger partial charge on any atom is 0.271 e. The molecule has 1 amide bonds. The molecule has 0 aliphatic carbocycles. The SMILES string of the molecule is CCOc1cc(/C=N\NC(=O)c2cccc(F)c2)c(Br)cc1OCc1ccc(Cl)cc1Cl. The topological polar surface area (TPSA) is 59.9 Å². The Kier molecular flexibility index (Phi) is 8.50. The number of carbonyl (C=O) groups is 1. The largest absolute Gasteiger partial charge is 0.490 e. The minimum absolute atomic E-state index is 0.167. The highest BCUT2D eigenvalue weighted by Gasteiger charge is 2.12. The van der Waals surface area contributed by atoms with Gasteiger partial charge in [0.25, 0.3) is 5.91 Å². The third-order valence-corrected chi connectivity index (χ3v) is 5.49. The molecule has 9 heteroatoms. The van der Waals surface area contributed by atoms with Crippen molar-refractivity contribution in [1.82, 2.24) is 5.43 Å². The molecule has 166 valence electrons. The summed E-state index contributed by atoms with van der Waals surface area (Å²) in [5.41, 5.74) is 3.96. The Morgan fingerprint density at radius 3 is 2.62 bits per heavy atom. The average molecular weight is 540 g/mol. The third-order valence-electron chi connectivity index (χ3n) is 4.22. The number of nitrogens with zero attached hydrogens (tertiary/aromatic N) is 1. The van der Waals surface area contributed by atoms with Crippen molar-refractivity contribution in [1.29, 1.82) is 0 Å². The Balaban J connectivity index is 1.74. The molecular weight excluding hydrogens is 522 g/mol. The van der Waals surface area contributed by atoms with Gasteiger partial charge in [-0.3, -0.25) is 4.79 Å². The van der Waals surface area contributed by atoms with Crippen LogP contribution >= 0.6 is 39.1 Å². The third kappa shape index (κ3) is 6.45. The van der Waals surface area contributed by atoms with E-state index in [0.717, 1.165) is 11.6 Å². The molecule has 3 rings (SSSR count). The predicted octanol–water partition coefficient (Wildman–Crippen LogP) is 6.64. The van der Waals surface area contributed by atoms with Crippen molar-refractivity contribution in [3.8, 4) is 11.5 Å². The Hall–Kier alpha value is -2.61. The predicted molar refractivity (Wildman–Crippen MR) is 128 cm³/mol. The quantitative estimate of drug-likeness (QED) is 0.258. The van der Waals surface area contributed by atoms with Gasteiger partial charge >= 0.3 is 0 Å². The van der Waals surface area contributed by atoms with E-state index in [1.165, 1.54) is 24.4 Å². The number of amides is 1. The van der Waals surface area contributed by atoms with Crippen LogP contribution in [0.25, 0.3) is 0 Å². The lowest BCUT2D eigenvalue weighted by Crippen LogP contribution is -2.17. The molecule has 0 aromatic heterocycles. The standard InChI is InChI=1S/C23H18BrCl2FN2O3/c1-2-31-21-9-16(12-28-29-23(30)14-4-3-5-18(27)8-14)19(24)11-22(21)32-13-15-6-7-17(25)10-20(15)26/h3-12H,2,13H2,1H3,(H,29,30)/b28-12-. The molecule has 32 heavy (non-hydrogen) atoms. The van der Waals surface area contributed by atoms with Crippen molar-refractivity contribution in [2.24, 2.45) is 5.10 Å². The maximum absolute atomic E-state index is 13.3. The van der Waals surface area contributed by atoms with E-state index >= 15 is 0 Å². The van der Waals surface area contributed by atoms with Gasteiger partial charge < -0.3 is 9.47 Å². The van der Waals surface area contributed by atoms with E-state index in [-0.39, 0.29) is 12.2 Å². The molecule has 5 nitrogen and oxygen atoms in total. The molecule has 0 atom stereocenters. The molecule has 0 heterocycles. The van der Waals surface area contributed by atoms with Crippen LogP contribution in [-0.4, -0.2) is 18.7 Å². The van der Waals surface area contributed by atoms with E-state index in [0.29, 0.717) is 38.2 Å². The monoisotopic (exact) mass is 538 g/mol. The first-order valence-electron chi connectivity index (χ1n) is 9.49. The Labute approximate surface area is 203 Å². The molecule has 0 unspecified atom stereocenters. The highest BCUT2D eigenvalue weighted by Crippen LogP contribution is 2.34. The maximum atomic E-state index is 13.3. The number of halogens is 4. The van der Waals surface area contributed by atoms with Crippen LogP contribution in [0.5, 0.6) is 11.5 Å². The lowest BCUT2D eigenvalue weighted by atomic mass is 10.2. The minimum atomic E-state index is -0.526. The lowest BCUT2D eigenvalue weighted by molar-refractivity contribution is 0.0954. The molecular formula is C23H18BrCl2FN2O3. The molecule has 0 saturated carbocycles. The summed E-state index contributed by atoms with van der Waals surface area (Å²) in [4.78, 5) is 12.1. The second kappa shape index (κ2) is 11.3. The molecule has 1 N–H and O–H groups in total. The number of ether oxygens (including phenoxy) is 2. The van der Waals surface area contributed by atoms with Crippen molar-refractivity contribution in [3.05, 3.63) is 91.6 Å². The summed E-state index contributed by atoms with van der Waals surface area (Å²) >= 11 is 15.6. The zero-order valence-electron chi connectivity index (χ0n) is 16.9. The summed E-state index contributed by atoms with van der Waals surface area (Å²) in [7, 11) is 0. The van der Waals surface area contributed by atoms with E-state index in [1.54, 1.807) is 30.3 Å². The van der Waals surface area contributed by atoms with Crippen LogP contribution in [0.4, 0.5) is 4.39 Å². The fraction of sp³-hybridized carbons (Fsp3) is 0.130. The summed E-state index contributed by atoms with van der Waals surface area (Å²) in [6, 6.07) is 14.0. The summed E-state index contributed by atoms with van der Waals surface area (Å²) in [5, 5.41) is 5.00. The molecule has 3 aromatic rings. The molecule has 0 radical (unpaired) electrons. The fourth-order valence-corrected chi connectivity index (χ4v) is 3.57. The number of nitrogens with one attached hydrogen (secondary N) is 1. The van der Waals surface area contributed by atoms with Gasteiger partial charge in [-0.25, -0.2) is 9.82 Å². The van der Waals surface area contributed by atoms with Gasteiger partial charge in [0.05, 0.1) is 12.8 Å². The summed E-state index contributed by atoms with van der Waals surface area (Å²) < 4.78 is 25.5. The normalized spacial score (nSPS) is 10.9. The summed E-state index contributed by atoms with van der Waals surface area (Å²) in [5.74, 6) is -0.0210. The van der Waals surface area contributed by atoms with E-state index in [1.807, 2.05) is 6.92 Å². The van der Waals surface area contributed by atoms with E-state index in [4.69, 9.17) is 32.7 Å². The van der Waals surface area contributed by atoms with Crippen LogP contribution in [0.2, 0.25) is 10.0 Å². The first kappa shape index (κ1) is 24.0. The number of hydrogen-bond acceptors (Lipinski definition) is 4. The van der Waals surface area contributed by atoms with Crippen LogP contribution in [0, 0.1) is 5.82 Å². The molecule has 0 fully saturated rings. The Bertz CT molecular complexity index is 1160. The van der Waals surface area contributed by atoms with Crippen molar-refractivity contribution in [2.75, 3.05) is 6.61 Å². The van der Waals surface area contributed by atoms with Crippen LogP contribution in [-0.2, 0) is 6.61 Å². The molecule has 0 bridgehead atoms. The van der Waals surface area contributed by atoms with Crippen molar-refractivity contribution in [2.45, 2.75) is 13.5 Å². The van der Waals surface area contributed by atoms with Gasteiger partial charge in [-0.15, -0.1) is 0 Å². The summed E-state index contributed by atoms with van der Waals surface area (Å²) in [6.45, 7) is 2.50. The van der Waals surface area contributed by atoms with Crippen molar-refractivity contribution >= 4 is 51.3 Å². The number of benzene rings is 3. The van der Waals surface area contributed by atoms with Gasteiger partial charge in [0.1, 0.15) is 12.4 Å². The van der Waals surface area contributed by atoms with E-state index < -0.39 is 11.7 Å². The van der Waals surface area contributed by atoms with Gasteiger partial charge in [0.2, 0.25) is 0 Å². The van der Waals surface area contributed by atoms with Crippen LogP contribution < -0.4 is 14.9 Å². The average Bonchev–Trinajstić information content (AvgIpc) is 2.75. The Morgan fingerprint density at radius 1 is 1.12 bits per heavy atom. The second-order valence-electron chi connectivity index (χ2n) is 6.49. The van der Waals surface area contributed by atoms with E-state index in [9.17, 15) is 9.18 Å². The summed E-state index contributed by atoms with van der Waals surface area (Å²) in [6.07, 6.45) is 1.45. The van der Waals surface area contributed by atoms with Crippen LogP contribution in [0.15, 0.2) is 64.2 Å². The lowest BCUT2D eigenvalue weighted by Gasteiger charge is -2.14.